The van der Waals surface area contributed by atoms with E-state index in [0.29, 0.717) is 29.6 Å². The quantitative estimate of drug-likeness (QED) is 0.217. The van der Waals surface area contributed by atoms with Crippen molar-refractivity contribution in [2.45, 2.75) is 207 Å². The molecular formula is C57H84O5. The first-order valence-electron chi connectivity index (χ1n) is 26.4. The van der Waals surface area contributed by atoms with Gasteiger partial charge >= 0.3 is 5.97 Å². The monoisotopic (exact) mass is 849 g/mol. The maximum absolute atomic E-state index is 13.3. The molecule has 4 bridgehead atoms. The average molecular weight is 849 g/mol. The van der Waals surface area contributed by atoms with Crippen LogP contribution < -0.4 is 0 Å². The Morgan fingerprint density at radius 2 is 1.56 bits per heavy atom. The van der Waals surface area contributed by atoms with Crippen molar-refractivity contribution in [2.24, 2.45) is 79.3 Å². The summed E-state index contributed by atoms with van der Waals surface area (Å²) in [6, 6.07) is 9.24. The van der Waals surface area contributed by atoms with Gasteiger partial charge in [0.15, 0.2) is 5.79 Å². The van der Waals surface area contributed by atoms with Crippen molar-refractivity contribution in [2.75, 3.05) is 13.7 Å². The minimum absolute atomic E-state index is 0.0108. The Morgan fingerprint density at radius 3 is 2.31 bits per heavy atom. The van der Waals surface area contributed by atoms with Crippen LogP contribution in [-0.2, 0) is 27.1 Å². The number of ether oxygens (including phenoxy) is 2. The zero-order valence-corrected chi connectivity index (χ0v) is 39.9. The third-order valence-electron chi connectivity index (χ3n) is 22.8. The SMILES string of the molecule is CCC[C@@H]1[C@]23CC[C@@]45C#CC[C@H](CCC6CCCCC6)CC[C@]6(C[C@@H]7CC[C@H](C[C@]1(O)O[C@H]2Cc1ccc(CCOC)cc1)[C@H]3[C@]74C)[C@@H]1C[C@](C)(C(=O)O)CC[C@]1(C)CC[C@@]65C. The van der Waals surface area contributed by atoms with Crippen molar-refractivity contribution in [3.05, 3.63) is 35.4 Å². The van der Waals surface area contributed by atoms with Crippen LogP contribution in [0.2, 0.25) is 0 Å². The molecule has 8 fully saturated rings. The Bertz CT molecular complexity index is 1910. The lowest BCUT2D eigenvalue weighted by molar-refractivity contribution is -0.338. The Balaban J connectivity index is 1.11. The third-order valence-corrected chi connectivity index (χ3v) is 22.8. The number of fused-ring (bicyclic) bond motifs is 2. The Hall–Kier alpha value is -1.87. The highest BCUT2D eigenvalue weighted by atomic mass is 16.6. The van der Waals surface area contributed by atoms with E-state index in [2.05, 4.69) is 70.7 Å². The Kier molecular flexibility index (Phi) is 11.1. The summed E-state index contributed by atoms with van der Waals surface area (Å²) in [5.41, 5.74) is 1.93. The molecule has 5 heteroatoms. The third kappa shape index (κ3) is 6.12. The number of aliphatic hydroxyl groups is 1. The van der Waals surface area contributed by atoms with Crippen LogP contribution in [0, 0.1) is 91.2 Å². The molecule has 5 nitrogen and oxygen atoms in total. The highest BCUT2D eigenvalue weighted by molar-refractivity contribution is 5.74. The van der Waals surface area contributed by atoms with Gasteiger partial charge in [-0.1, -0.05) is 103 Å². The van der Waals surface area contributed by atoms with Gasteiger partial charge in [0, 0.05) is 36.7 Å². The van der Waals surface area contributed by atoms with Crippen LogP contribution in [-0.4, -0.2) is 41.8 Å². The van der Waals surface area contributed by atoms with Crippen LogP contribution in [0.4, 0.5) is 0 Å². The van der Waals surface area contributed by atoms with E-state index in [1.165, 1.54) is 101 Å². The van der Waals surface area contributed by atoms with Gasteiger partial charge in [0.2, 0.25) is 0 Å². The largest absolute Gasteiger partial charge is 0.481 e. The summed E-state index contributed by atoms with van der Waals surface area (Å²) >= 11 is 0. The molecule has 0 amide bonds. The summed E-state index contributed by atoms with van der Waals surface area (Å²) in [4.78, 5) is 13.3. The molecule has 7 saturated carbocycles. The first kappa shape index (κ1) is 44.0. The van der Waals surface area contributed by atoms with Crippen molar-refractivity contribution in [3.63, 3.8) is 0 Å². The summed E-state index contributed by atoms with van der Waals surface area (Å²) in [6.07, 6.45) is 28.8. The zero-order chi connectivity index (χ0) is 43.4. The highest BCUT2D eigenvalue weighted by Gasteiger charge is 2.85. The van der Waals surface area contributed by atoms with Crippen LogP contribution in [0.15, 0.2) is 24.3 Å². The second kappa shape index (κ2) is 15.6. The molecule has 15 atom stereocenters. The summed E-state index contributed by atoms with van der Waals surface area (Å²) in [5, 5.41) is 23.9. The van der Waals surface area contributed by atoms with Crippen LogP contribution in [0.5, 0.6) is 0 Å². The molecule has 0 unspecified atom stereocenters. The molecule has 1 saturated heterocycles. The molecule has 2 N–H and O–H groups in total. The Labute approximate surface area is 376 Å². The maximum Gasteiger partial charge on any atom is 0.309 e. The number of hydrogen-bond acceptors (Lipinski definition) is 4. The highest BCUT2D eigenvalue weighted by Crippen LogP contribution is 2.88. The summed E-state index contributed by atoms with van der Waals surface area (Å²) in [5.74, 6) is 10.6. The fourth-order valence-electron chi connectivity index (χ4n) is 19.7. The van der Waals surface area contributed by atoms with Gasteiger partial charge in [0.25, 0.3) is 0 Å². The first-order chi connectivity index (χ1) is 29.7. The average Bonchev–Trinajstić information content (AvgIpc) is 3.41. The number of aliphatic carboxylic acids is 1. The molecule has 1 aliphatic heterocycles. The Morgan fingerprint density at radius 1 is 0.823 bits per heavy atom. The molecule has 1 heterocycles. The second-order valence-electron chi connectivity index (χ2n) is 25.0. The van der Waals surface area contributed by atoms with Gasteiger partial charge in [0.1, 0.15) is 0 Å². The van der Waals surface area contributed by atoms with Gasteiger partial charge in [-0.2, -0.15) is 0 Å². The molecule has 10 rings (SSSR count). The summed E-state index contributed by atoms with van der Waals surface area (Å²) in [6.45, 7) is 13.3. The number of carbonyl (C=O) groups is 1. The molecular weight excluding hydrogens is 765 g/mol. The summed E-state index contributed by atoms with van der Waals surface area (Å²) < 4.78 is 12.7. The standard InChI is InChI=1S/C57H84O5/c1-7-12-45-56-33-32-55-26-11-15-40(17-16-39-13-9-8-10-14-39)24-27-54(46-38-51(3,49(58)59)29-28-50(46,2)30-31-52(54,55)4)37-44-23-22-43(48(56)53(44,55)5)36-57(45,60)62-47(56)35-42-20-18-41(19-21-42)25-34-61-6/h18-21,39-40,43-48,60H,7-10,12-17,22-25,27-38H2,1-6H3,(H,58,59)/t40-,43-,44+,45-,46-,47+,48+,50-,51-,52+,53+,54+,55-,56-,57+/m1/s1. The second-order valence-corrected chi connectivity index (χ2v) is 25.0. The zero-order valence-electron chi connectivity index (χ0n) is 39.9. The van der Waals surface area contributed by atoms with Crippen LogP contribution in [0.3, 0.4) is 0 Å². The van der Waals surface area contributed by atoms with Crippen LogP contribution in [0.1, 0.15) is 193 Å². The van der Waals surface area contributed by atoms with Gasteiger partial charge < -0.3 is 19.7 Å². The van der Waals surface area contributed by atoms with E-state index in [9.17, 15) is 15.0 Å². The van der Waals surface area contributed by atoms with Crippen molar-refractivity contribution in [1.82, 2.24) is 0 Å². The molecule has 1 aromatic carbocycles. The molecule has 62 heavy (non-hydrogen) atoms. The molecule has 9 aliphatic rings. The molecule has 1 aromatic rings. The number of carboxylic acid groups (broad SMARTS) is 1. The molecule has 0 aromatic heterocycles. The van der Waals surface area contributed by atoms with Crippen molar-refractivity contribution < 1.29 is 24.5 Å². The fraction of sp³-hybridized carbons (Fsp3) is 0.842. The van der Waals surface area contributed by atoms with E-state index in [4.69, 9.17) is 9.47 Å². The van der Waals surface area contributed by atoms with Gasteiger partial charge in [-0.3, -0.25) is 4.79 Å². The van der Waals surface area contributed by atoms with Crippen molar-refractivity contribution >= 4 is 5.97 Å². The normalized spacial score (nSPS) is 49.2. The van der Waals surface area contributed by atoms with Gasteiger partial charge in [-0.05, 0) is 178 Å². The van der Waals surface area contributed by atoms with Crippen molar-refractivity contribution in [1.29, 1.82) is 0 Å². The minimum Gasteiger partial charge on any atom is -0.481 e. The lowest BCUT2D eigenvalue weighted by Gasteiger charge is -2.82. The predicted octanol–water partition coefficient (Wildman–Crippen LogP) is 13.0. The van der Waals surface area contributed by atoms with E-state index in [1.807, 2.05) is 0 Å². The number of rotatable bonds is 11. The number of methoxy groups -OCH3 is 1. The molecule has 2 spiro atoms. The predicted molar refractivity (Wildman–Crippen MR) is 247 cm³/mol. The van der Waals surface area contributed by atoms with Crippen LogP contribution in [0.25, 0.3) is 0 Å². The lowest BCUT2D eigenvalue weighted by atomic mass is 9.21. The topological polar surface area (TPSA) is 76.0 Å². The number of benzene rings is 1. The molecule has 0 radical (unpaired) electrons. The summed E-state index contributed by atoms with van der Waals surface area (Å²) in [7, 11) is 1.78. The minimum atomic E-state index is -1.07. The van der Waals surface area contributed by atoms with E-state index in [-0.39, 0.29) is 44.5 Å². The first-order valence-corrected chi connectivity index (χ1v) is 26.4. The molecule has 8 aliphatic carbocycles. The number of hydrogen-bond donors (Lipinski definition) is 2. The van der Waals surface area contributed by atoms with Gasteiger partial charge in [0.05, 0.1) is 18.1 Å². The van der Waals surface area contributed by atoms with Crippen molar-refractivity contribution in [3.8, 4) is 11.8 Å². The smallest absolute Gasteiger partial charge is 0.309 e. The lowest BCUT2D eigenvalue weighted by Crippen LogP contribution is -2.78. The van der Waals surface area contributed by atoms with Gasteiger partial charge in [-0.15, -0.1) is 5.92 Å². The van der Waals surface area contributed by atoms with Crippen LogP contribution >= 0.6 is 0 Å². The van der Waals surface area contributed by atoms with E-state index in [0.717, 1.165) is 83.2 Å². The van der Waals surface area contributed by atoms with E-state index >= 15 is 0 Å². The van der Waals surface area contributed by atoms with E-state index in [1.54, 1.807) is 7.11 Å². The maximum atomic E-state index is 13.3. The van der Waals surface area contributed by atoms with E-state index < -0.39 is 17.2 Å². The van der Waals surface area contributed by atoms with Gasteiger partial charge in [-0.25, -0.2) is 0 Å². The fourth-order valence-corrected chi connectivity index (χ4v) is 19.7. The number of carboxylic acids is 1. The molecule has 342 valence electrons.